The van der Waals surface area contributed by atoms with Gasteiger partial charge in [-0.3, -0.25) is 4.79 Å². The Morgan fingerprint density at radius 1 is 1.32 bits per heavy atom. The van der Waals surface area contributed by atoms with Gasteiger partial charge in [-0.2, -0.15) is 9.78 Å². The fourth-order valence-corrected chi connectivity index (χ4v) is 4.20. The molecule has 0 aliphatic rings. The lowest BCUT2D eigenvalue weighted by atomic mass is 10.2. The number of hydrogen-bond donors (Lipinski definition) is 1. The van der Waals surface area contributed by atoms with Crippen LogP contribution in [0, 0.1) is 0 Å². The van der Waals surface area contributed by atoms with Gasteiger partial charge in [0.05, 0.1) is 21.6 Å². The highest BCUT2D eigenvalue weighted by molar-refractivity contribution is 9.10. The van der Waals surface area contributed by atoms with E-state index in [2.05, 4.69) is 48.9 Å². The second kappa shape index (κ2) is 10.4. The summed E-state index contributed by atoms with van der Waals surface area (Å²) in [5.41, 5.74) is 0.716. The van der Waals surface area contributed by atoms with Gasteiger partial charge in [0.15, 0.2) is 6.61 Å². The molecule has 0 spiro atoms. The van der Waals surface area contributed by atoms with Crippen LogP contribution in [0.4, 0.5) is 0 Å². The zero-order chi connectivity index (χ0) is 22.5. The molecule has 162 valence electrons. The van der Waals surface area contributed by atoms with Gasteiger partial charge in [0.25, 0.3) is 5.56 Å². The molecule has 0 saturated heterocycles. The van der Waals surface area contributed by atoms with E-state index in [1.165, 1.54) is 10.9 Å². The van der Waals surface area contributed by atoms with Crippen molar-refractivity contribution < 1.29 is 14.6 Å². The number of benzene rings is 2. The number of carboxylic acid groups (broad SMARTS) is 1. The summed E-state index contributed by atoms with van der Waals surface area (Å²) in [6.07, 6.45) is 3.78. The maximum Gasteiger partial charge on any atom is 0.341 e. The molecule has 1 aromatic heterocycles. The van der Waals surface area contributed by atoms with Gasteiger partial charge in [0.1, 0.15) is 11.6 Å². The molecule has 1 N–H and O–H groups in total. The zero-order valence-electron chi connectivity index (χ0n) is 16.4. The Kier molecular flexibility index (Phi) is 7.85. The lowest BCUT2D eigenvalue weighted by Gasteiger charge is -2.11. The van der Waals surface area contributed by atoms with Crippen molar-refractivity contribution in [2.75, 3.05) is 6.61 Å². The Morgan fingerprint density at radius 3 is 2.81 bits per heavy atom. The van der Waals surface area contributed by atoms with E-state index in [1.54, 1.807) is 24.3 Å². The predicted octanol–water partition coefficient (Wildman–Crippen LogP) is 5.26. The lowest BCUT2D eigenvalue weighted by molar-refractivity contribution is -0.139. The van der Waals surface area contributed by atoms with Gasteiger partial charge in [-0.15, -0.1) is 0 Å². The number of hydrogen-bond acceptors (Lipinski definition) is 5. The van der Waals surface area contributed by atoms with Crippen molar-refractivity contribution in [3.05, 3.63) is 66.0 Å². The normalized spacial score (nSPS) is 11.4. The Balaban J connectivity index is 2.13. The van der Waals surface area contributed by atoms with E-state index >= 15 is 0 Å². The summed E-state index contributed by atoms with van der Waals surface area (Å²) < 4.78 is 7.88. The third-order valence-electron chi connectivity index (χ3n) is 4.32. The first kappa shape index (κ1) is 23.4. The molecule has 0 aliphatic carbocycles. The van der Waals surface area contributed by atoms with Crippen LogP contribution in [0.1, 0.15) is 31.2 Å². The SMILES string of the molecule is CCCCc1nc2ccc(Br)cc2c(=O)n1N=Cc1cc(Cl)cc(Br)c1OCC(=O)O. The minimum Gasteiger partial charge on any atom is -0.480 e. The van der Waals surface area contributed by atoms with Crippen molar-refractivity contribution >= 4 is 66.5 Å². The molecular weight excluding hydrogens is 554 g/mol. The van der Waals surface area contributed by atoms with Gasteiger partial charge >= 0.3 is 5.97 Å². The minimum atomic E-state index is -1.12. The van der Waals surface area contributed by atoms with Gasteiger partial charge in [-0.1, -0.05) is 40.9 Å². The first-order valence-corrected chi connectivity index (χ1v) is 11.4. The highest BCUT2D eigenvalue weighted by Gasteiger charge is 2.13. The van der Waals surface area contributed by atoms with Crippen LogP contribution in [0.3, 0.4) is 0 Å². The van der Waals surface area contributed by atoms with Crippen molar-refractivity contribution in [1.29, 1.82) is 0 Å². The quantitative estimate of drug-likeness (QED) is 0.372. The number of ether oxygens (including phenoxy) is 1. The summed E-state index contributed by atoms with van der Waals surface area (Å²) in [5, 5.41) is 14.1. The summed E-state index contributed by atoms with van der Waals surface area (Å²) in [6.45, 7) is 1.52. The van der Waals surface area contributed by atoms with Crippen molar-refractivity contribution in [3.8, 4) is 5.75 Å². The molecule has 0 unspecified atom stereocenters. The predicted molar refractivity (Wildman–Crippen MR) is 128 cm³/mol. The summed E-state index contributed by atoms with van der Waals surface area (Å²) in [7, 11) is 0. The smallest absolute Gasteiger partial charge is 0.341 e. The van der Waals surface area contributed by atoms with E-state index in [0.717, 1.165) is 17.3 Å². The topological polar surface area (TPSA) is 93.8 Å². The molecule has 0 fully saturated rings. The first-order valence-electron chi connectivity index (χ1n) is 9.39. The summed E-state index contributed by atoms with van der Waals surface area (Å²) >= 11 is 12.9. The van der Waals surface area contributed by atoms with Crippen LogP contribution in [-0.2, 0) is 11.2 Å². The summed E-state index contributed by atoms with van der Waals surface area (Å²) in [5.74, 6) is -0.325. The van der Waals surface area contributed by atoms with Gasteiger partial charge < -0.3 is 9.84 Å². The Labute approximate surface area is 200 Å². The average molecular weight is 572 g/mol. The molecule has 3 aromatic rings. The number of nitrogens with zero attached hydrogens (tertiary/aromatic N) is 3. The standard InChI is InChI=1S/C21H18Br2ClN3O4/c1-2-3-4-18-26-17-6-5-13(22)8-15(17)21(30)27(18)25-10-12-7-14(24)9-16(23)20(12)31-11-19(28)29/h5-10H,2-4,11H2,1H3,(H,28,29). The number of aromatic nitrogens is 2. The second-order valence-electron chi connectivity index (χ2n) is 6.64. The molecule has 0 amide bonds. The highest BCUT2D eigenvalue weighted by Crippen LogP contribution is 2.32. The third kappa shape index (κ3) is 5.72. The minimum absolute atomic E-state index is 0.259. The molecule has 0 bridgehead atoms. The average Bonchev–Trinajstić information content (AvgIpc) is 2.71. The lowest BCUT2D eigenvalue weighted by Crippen LogP contribution is -2.22. The van der Waals surface area contributed by atoms with Crippen LogP contribution in [-0.4, -0.2) is 33.6 Å². The van der Waals surface area contributed by atoms with Crippen LogP contribution in [0.15, 0.2) is 49.2 Å². The number of carboxylic acids is 1. The molecular formula is C21H18Br2ClN3O4. The fourth-order valence-electron chi connectivity index (χ4n) is 2.89. The maximum absolute atomic E-state index is 13.2. The number of halogens is 3. The van der Waals surface area contributed by atoms with Crippen LogP contribution < -0.4 is 10.3 Å². The monoisotopic (exact) mass is 569 g/mol. The van der Waals surface area contributed by atoms with Gasteiger partial charge in [0, 0.05) is 21.5 Å². The van der Waals surface area contributed by atoms with E-state index in [-0.39, 0.29) is 11.3 Å². The van der Waals surface area contributed by atoms with Gasteiger partial charge in [-0.25, -0.2) is 9.78 Å². The number of rotatable bonds is 8. The number of carbonyl (C=O) groups is 1. The third-order valence-corrected chi connectivity index (χ3v) is 5.62. The maximum atomic E-state index is 13.2. The number of unbranched alkanes of at least 4 members (excludes halogenated alkanes) is 1. The van der Waals surface area contributed by atoms with Crippen LogP contribution >= 0.6 is 43.5 Å². The fraction of sp³-hybridized carbons (Fsp3) is 0.238. The van der Waals surface area contributed by atoms with Crippen molar-refractivity contribution in [2.24, 2.45) is 5.10 Å². The van der Waals surface area contributed by atoms with Crippen LogP contribution in [0.5, 0.6) is 5.75 Å². The van der Waals surface area contributed by atoms with E-state index in [9.17, 15) is 9.59 Å². The molecule has 7 nitrogen and oxygen atoms in total. The van der Waals surface area contributed by atoms with Crippen LogP contribution in [0.25, 0.3) is 10.9 Å². The molecule has 0 saturated carbocycles. The Morgan fingerprint density at radius 2 is 2.10 bits per heavy atom. The largest absolute Gasteiger partial charge is 0.480 e. The van der Waals surface area contributed by atoms with Crippen molar-refractivity contribution in [1.82, 2.24) is 9.66 Å². The second-order valence-corrected chi connectivity index (χ2v) is 8.85. The first-order chi connectivity index (χ1) is 14.8. The summed E-state index contributed by atoms with van der Waals surface area (Å²) in [6, 6.07) is 8.49. The van der Waals surface area contributed by atoms with E-state index < -0.39 is 12.6 Å². The molecule has 0 atom stereocenters. The Bertz CT molecular complexity index is 1230. The van der Waals surface area contributed by atoms with Crippen molar-refractivity contribution in [2.45, 2.75) is 26.2 Å². The Hall–Kier alpha value is -2.23. The molecule has 3 rings (SSSR count). The molecule has 0 aliphatic heterocycles. The number of aliphatic carboxylic acids is 1. The molecule has 2 aromatic carbocycles. The molecule has 0 radical (unpaired) electrons. The molecule has 31 heavy (non-hydrogen) atoms. The van der Waals surface area contributed by atoms with Crippen LogP contribution in [0.2, 0.25) is 5.02 Å². The summed E-state index contributed by atoms with van der Waals surface area (Å²) in [4.78, 5) is 28.7. The van der Waals surface area contributed by atoms with Crippen molar-refractivity contribution in [3.63, 3.8) is 0 Å². The molecule has 1 heterocycles. The number of fused-ring (bicyclic) bond motifs is 1. The van der Waals surface area contributed by atoms with E-state index in [4.69, 9.17) is 21.4 Å². The van der Waals surface area contributed by atoms with Gasteiger partial charge in [-0.05, 0) is 52.7 Å². The van der Waals surface area contributed by atoms with E-state index in [1.807, 2.05) is 6.07 Å². The highest BCUT2D eigenvalue weighted by atomic mass is 79.9. The zero-order valence-corrected chi connectivity index (χ0v) is 20.4. The molecule has 10 heteroatoms. The number of aryl methyl sites for hydroxylation is 1. The van der Waals surface area contributed by atoms with E-state index in [0.29, 0.717) is 38.2 Å². The van der Waals surface area contributed by atoms with Gasteiger partial charge in [0.2, 0.25) is 0 Å².